The molecule has 0 bridgehead atoms. The highest BCUT2D eigenvalue weighted by atomic mass is 35.5. The van der Waals surface area contributed by atoms with Gasteiger partial charge in [0.15, 0.2) is 6.29 Å². The summed E-state index contributed by atoms with van der Waals surface area (Å²) >= 11 is 6.09. The van der Waals surface area contributed by atoms with E-state index in [-0.39, 0.29) is 0 Å². The van der Waals surface area contributed by atoms with Gasteiger partial charge >= 0.3 is 0 Å². The van der Waals surface area contributed by atoms with Gasteiger partial charge in [-0.1, -0.05) is 23.7 Å². The fourth-order valence-electron chi connectivity index (χ4n) is 1.83. The van der Waals surface area contributed by atoms with Gasteiger partial charge in [-0.25, -0.2) is 0 Å². The highest BCUT2D eigenvalue weighted by Crippen LogP contribution is 2.33. The summed E-state index contributed by atoms with van der Waals surface area (Å²) in [6.45, 7) is 1.92. The molecule has 0 saturated heterocycles. The summed E-state index contributed by atoms with van der Waals surface area (Å²) in [5.41, 5.74) is 2.95. The van der Waals surface area contributed by atoms with Crippen LogP contribution >= 0.6 is 11.6 Å². The Hall–Kier alpha value is -2.00. The topological polar surface area (TPSA) is 38.3 Å². The van der Waals surface area contributed by atoms with Crippen LogP contribution in [-0.2, 0) is 0 Å². The van der Waals surface area contributed by atoms with Crippen molar-refractivity contribution in [2.24, 2.45) is 0 Å². The molecule has 4 heteroatoms. The van der Waals surface area contributed by atoms with E-state index in [0.29, 0.717) is 22.0 Å². The first-order valence-electron chi connectivity index (χ1n) is 5.81. The van der Waals surface area contributed by atoms with Gasteiger partial charge in [0.25, 0.3) is 0 Å². The number of anilines is 2. The Morgan fingerprint density at radius 3 is 2.63 bits per heavy atom. The third-order valence-corrected chi connectivity index (χ3v) is 3.34. The van der Waals surface area contributed by atoms with Gasteiger partial charge in [0.1, 0.15) is 5.75 Å². The molecule has 2 aromatic rings. The highest BCUT2D eigenvalue weighted by Gasteiger charge is 2.10. The lowest BCUT2D eigenvalue weighted by atomic mass is 10.1. The smallest absolute Gasteiger partial charge is 0.152 e. The Labute approximate surface area is 117 Å². The van der Waals surface area contributed by atoms with E-state index in [1.165, 1.54) is 0 Å². The van der Waals surface area contributed by atoms with Gasteiger partial charge in [-0.05, 0) is 36.8 Å². The van der Waals surface area contributed by atoms with Gasteiger partial charge in [0, 0.05) is 16.3 Å². The second-order valence-corrected chi connectivity index (χ2v) is 4.49. The zero-order chi connectivity index (χ0) is 13.8. The molecular weight excluding hydrogens is 262 g/mol. The molecule has 0 aromatic heterocycles. The first-order valence-corrected chi connectivity index (χ1v) is 6.19. The van der Waals surface area contributed by atoms with Gasteiger partial charge in [-0.3, -0.25) is 4.79 Å². The number of methoxy groups -OCH3 is 1. The van der Waals surface area contributed by atoms with Gasteiger partial charge in [0.2, 0.25) is 0 Å². The van der Waals surface area contributed by atoms with Crippen molar-refractivity contribution in [3.63, 3.8) is 0 Å². The number of hydrogen-bond donors (Lipinski definition) is 1. The van der Waals surface area contributed by atoms with Gasteiger partial charge < -0.3 is 10.1 Å². The number of carbonyl (C=O) groups is 1. The molecule has 0 aliphatic carbocycles. The second kappa shape index (κ2) is 5.76. The molecule has 0 heterocycles. The summed E-state index contributed by atoms with van der Waals surface area (Å²) in [6.07, 6.45) is 0.796. The van der Waals surface area contributed by atoms with Crippen LogP contribution in [0.3, 0.4) is 0 Å². The number of ether oxygens (including phenoxy) is 1. The van der Waals surface area contributed by atoms with Crippen molar-refractivity contribution in [2.45, 2.75) is 6.92 Å². The Morgan fingerprint density at radius 1 is 1.21 bits per heavy atom. The van der Waals surface area contributed by atoms with Crippen LogP contribution in [0.5, 0.6) is 5.75 Å². The Balaban J connectivity index is 2.48. The summed E-state index contributed by atoms with van der Waals surface area (Å²) in [5.74, 6) is 0.615. The molecule has 0 radical (unpaired) electrons. The first-order chi connectivity index (χ1) is 9.17. The lowest BCUT2D eigenvalue weighted by Gasteiger charge is -2.15. The van der Waals surface area contributed by atoms with E-state index in [9.17, 15) is 4.79 Å². The van der Waals surface area contributed by atoms with Crippen LogP contribution in [0.4, 0.5) is 11.4 Å². The number of benzene rings is 2. The van der Waals surface area contributed by atoms with Crippen molar-refractivity contribution in [1.29, 1.82) is 0 Å². The number of nitrogens with one attached hydrogen (secondary N) is 1. The van der Waals surface area contributed by atoms with Crippen molar-refractivity contribution in [3.05, 3.63) is 52.5 Å². The third-order valence-electron chi connectivity index (χ3n) is 2.93. The average Bonchev–Trinajstić information content (AvgIpc) is 2.44. The zero-order valence-electron chi connectivity index (χ0n) is 10.7. The molecule has 0 atom stereocenters. The second-order valence-electron chi connectivity index (χ2n) is 4.08. The zero-order valence-corrected chi connectivity index (χ0v) is 11.5. The van der Waals surface area contributed by atoms with E-state index in [1.54, 1.807) is 25.3 Å². The van der Waals surface area contributed by atoms with Crippen molar-refractivity contribution in [3.8, 4) is 5.75 Å². The Morgan fingerprint density at radius 2 is 1.95 bits per heavy atom. The minimum Gasteiger partial charge on any atom is -0.495 e. The molecular formula is C15H14ClNO2. The first kappa shape index (κ1) is 13.4. The summed E-state index contributed by atoms with van der Waals surface area (Å²) in [5, 5.41) is 3.89. The van der Waals surface area contributed by atoms with Crippen molar-refractivity contribution in [2.75, 3.05) is 12.4 Å². The maximum absolute atomic E-state index is 11.1. The molecule has 0 spiro atoms. The molecule has 2 rings (SSSR count). The molecule has 0 aliphatic heterocycles. The monoisotopic (exact) mass is 275 g/mol. The quantitative estimate of drug-likeness (QED) is 0.849. The van der Waals surface area contributed by atoms with Crippen LogP contribution in [0, 0.1) is 6.92 Å². The van der Waals surface area contributed by atoms with E-state index in [0.717, 1.165) is 17.5 Å². The predicted molar refractivity (Wildman–Crippen MR) is 77.9 cm³/mol. The molecule has 0 amide bonds. The van der Waals surface area contributed by atoms with Gasteiger partial charge in [-0.15, -0.1) is 0 Å². The van der Waals surface area contributed by atoms with E-state index >= 15 is 0 Å². The molecule has 3 nitrogen and oxygen atoms in total. The molecule has 2 aromatic carbocycles. The van der Waals surface area contributed by atoms with Crippen LogP contribution in [0.15, 0.2) is 36.4 Å². The number of halogens is 1. The summed E-state index contributed by atoms with van der Waals surface area (Å²) in [4.78, 5) is 11.1. The number of hydrogen-bond acceptors (Lipinski definition) is 3. The SMILES string of the molecule is COc1cccc(C=O)c1Nc1cccc(Cl)c1C. The molecule has 0 fully saturated rings. The number of rotatable bonds is 4. The molecule has 1 N–H and O–H groups in total. The van der Waals surface area contributed by atoms with Crippen LogP contribution in [0.25, 0.3) is 0 Å². The van der Waals surface area contributed by atoms with E-state index < -0.39 is 0 Å². The number of carbonyl (C=O) groups excluding carboxylic acids is 1. The normalized spacial score (nSPS) is 10.1. The lowest BCUT2D eigenvalue weighted by Crippen LogP contribution is -2.00. The molecule has 98 valence electrons. The van der Waals surface area contributed by atoms with Crippen molar-refractivity contribution < 1.29 is 9.53 Å². The summed E-state index contributed by atoms with van der Waals surface area (Å²) in [6, 6.07) is 10.9. The van der Waals surface area contributed by atoms with E-state index in [4.69, 9.17) is 16.3 Å². The summed E-state index contributed by atoms with van der Waals surface area (Å²) in [7, 11) is 1.57. The molecule has 0 aliphatic rings. The largest absolute Gasteiger partial charge is 0.495 e. The fourth-order valence-corrected chi connectivity index (χ4v) is 2.00. The number of para-hydroxylation sites is 1. The minimum atomic E-state index is 0.540. The predicted octanol–water partition coefficient (Wildman–Crippen LogP) is 4.21. The average molecular weight is 276 g/mol. The van der Waals surface area contributed by atoms with E-state index in [1.807, 2.05) is 25.1 Å². The van der Waals surface area contributed by atoms with E-state index in [2.05, 4.69) is 5.32 Å². The molecule has 0 unspecified atom stereocenters. The van der Waals surface area contributed by atoms with Gasteiger partial charge in [-0.2, -0.15) is 0 Å². The fraction of sp³-hybridized carbons (Fsp3) is 0.133. The molecule has 19 heavy (non-hydrogen) atoms. The maximum Gasteiger partial charge on any atom is 0.152 e. The van der Waals surface area contributed by atoms with Crippen molar-refractivity contribution in [1.82, 2.24) is 0 Å². The van der Waals surface area contributed by atoms with Crippen LogP contribution in [0.1, 0.15) is 15.9 Å². The standard InChI is InChI=1S/C15H14ClNO2/c1-10-12(16)6-4-7-13(10)17-15-11(9-18)5-3-8-14(15)19-2/h3-9,17H,1-2H3. The van der Waals surface area contributed by atoms with Crippen molar-refractivity contribution >= 4 is 29.3 Å². The Bertz CT molecular complexity index is 611. The minimum absolute atomic E-state index is 0.540. The van der Waals surface area contributed by atoms with Crippen LogP contribution in [0.2, 0.25) is 5.02 Å². The Kier molecular flexibility index (Phi) is 4.07. The highest BCUT2D eigenvalue weighted by molar-refractivity contribution is 6.31. The maximum atomic E-state index is 11.1. The summed E-state index contributed by atoms with van der Waals surface area (Å²) < 4.78 is 5.28. The molecule has 0 saturated carbocycles. The van der Waals surface area contributed by atoms with Crippen LogP contribution < -0.4 is 10.1 Å². The van der Waals surface area contributed by atoms with Gasteiger partial charge in [0.05, 0.1) is 12.8 Å². The third kappa shape index (κ3) is 2.71. The van der Waals surface area contributed by atoms with Crippen LogP contribution in [-0.4, -0.2) is 13.4 Å². The lowest BCUT2D eigenvalue weighted by molar-refractivity contribution is 0.112. The number of aldehydes is 1.